The molecule has 0 bridgehead atoms. The molecule has 0 atom stereocenters. The van der Waals surface area contributed by atoms with Crippen LogP contribution in [0.5, 0.6) is 5.75 Å². The fraction of sp³-hybridized carbons (Fsp3) is 0.160. The molecule has 0 aliphatic carbocycles. The number of nitrogens with zero attached hydrogens (tertiary/aromatic N) is 4. The number of carbonyl (C=O) groups is 1. The number of aromatic hydroxyl groups is 1. The summed E-state index contributed by atoms with van der Waals surface area (Å²) in [5.41, 5.74) is 2.49. The Bertz CT molecular complexity index is 1400. The number of benzene rings is 2. The molecule has 0 spiro atoms. The zero-order valence-corrected chi connectivity index (χ0v) is 19.5. The molecule has 1 N–H and O–H groups in total. The number of thioether (sulfide) groups is 1. The van der Waals surface area contributed by atoms with Crippen molar-refractivity contribution in [3.05, 3.63) is 111 Å². The third-order valence-corrected chi connectivity index (χ3v) is 6.20. The standard InChI is InChI=1S/C25H21FN4O4S/c1-34-24(33)21-7-4-17(9-22(21)31)12-30-13-19(8-18-10-27-15-28-11-18)23(32)29-25(30)35-14-16-2-5-20(26)6-3-16/h2-7,9-11,13,15,31H,8,12,14H2,1H3. The zero-order valence-electron chi connectivity index (χ0n) is 18.7. The van der Waals surface area contributed by atoms with Gasteiger partial charge in [0.15, 0.2) is 5.16 Å². The van der Waals surface area contributed by atoms with Gasteiger partial charge in [0.25, 0.3) is 5.56 Å². The molecule has 178 valence electrons. The van der Waals surface area contributed by atoms with Gasteiger partial charge in [-0.15, -0.1) is 0 Å². The second-order valence-electron chi connectivity index (χ2n) is 7.66. The average molecular weight is 493 g/mol. The molecule has 0 aliphatic heterocycles. The maximum atomic E-state index is 13.2. The second kappa shape index (κ2) is 10.9. The highest BCUT2D eigenvalue weighted by Gasteiger charge is 2.15. The predicted octanol–water partition coefficient (Wildman–Crippen LogP) is 3.60. The van der Waals surface area contributed by atoms with Crippen molar-refractivity contribution in [2.75, 3.05) is 7.11 Å². The quantitative estimate of drug-likeness (QED) is 0.226. The first-order valence-electron chi connectivity index (χ1n) is 10.5. The van der Waals surface area contributed by atoms with E-state index in [9.17, 15) is 19.1 Å². The predicted molar refractivity (Wildman–Crippen MR) is 128 cm³/mol. The number of phenols is 1. The highest BCUT2D eigenvalue weighted by molar-refractivity contribution is 7.98. The van der Waals surface area contributed by atoms with Crippen LogP contribution in [0.3, 0.4) is 0 Å². The molecule has 4 rings (SSSR count). The van der Waals surface area contributed by atoms with Crippen LogP contribution in [-0.4, -0.2) is 37.7 Å². The number of ether oxygens (including phenoxy) is 1. The van der Waals surface area contributed by atoms with E-state index in [1.807, 2.05) is 0 Å². The van der Waals surface area contributed by atoms with Crippen LogP contribution in [0.2, 0.25) is 0 Å². The van der Waals surface area contributed by atoms with Crippen LogP contribution in [0.15, 0.2) is 77.3 Å². The van der Waals surface area contributed by atoms with Crippen LogP contribution in [0.25, 0.3) is 0 Å². The number of halogens is 1. The minimum Gasteiger partial charge on any atom is -0.507 e. The van der Waals surface area contributed by atoms with Gasteiger partial charge in [-0.3, -0.25) is 4.79 Å². The summed E-state index contributed by atoms with van der Waals surface area (Å²) in [7, 11) is 1.24. The van der Waals surface area contributed by atoms with Gasteiger partial charge in [-0.1, -0.05) is 30.0 Å². The van der Waals surface area contributed by atoms with Crippen molar-refractivity contribution < 1.29 is 19.0 Å². The van der Waals surface area contributed by atoms with E-state index in [2.05, 4.69) is 19.7 Å². The Labute approximate surface area is 204 Å². The van der Waals surface area contributed by atoms with Gasteiger partial charge in [0, 0.05) is 42.9 Å². The van der Waals surface area contributed by atoms with E-state index >= 15 is 0 Å². The van der Waals surface area contributed by atoms with Crippen LogP contribution in [0.1, 0.15) is 32.6 Å². The summed E-state index contributed by atoms with van der Waals surface area (Å²) in [4.78, 5) is 36.9. The zero-order chi connectivity index (χ0) is 24.8. The van der Waals surface area contributed by atoms with Gasteiger partial charge in [-0.05, 0) is 41.0 Å². The Kier molecular flexibility index (Phi) is 7.51. The second-order valence-corrected chi connectivity index (χ2v) is 8.61. The van der Waals surface area contributed by atoms with E-state index in [0.717, 1.165) is 11.1 Å². The molecule has 0 amide bonds. The smallest absolute Gasteiger partial charge is 0.341 e. The fourth-order valence-corrected chi connectivity index (χ4v) is 4.31. The Balaban J connectivity index is 1.66. The number of rotatable bonds is 8. The monoisotopic (exact) mass is 492 g/mol. The summed E-state index contributed by atoms with van der Waals surface area (Å²) in [6.45, 7) is 0.284. The molecule has 8 nitrogen and oxygen atoms in total. The van der Waals surface area contributed by atoms with Crippen molar-refractivity contribution in [3.63, 3.8) is 0 Å². The lowest BCUT2D eigenvalue weighted by Gasteiger charge is -2.15. The summed E-state index contributed by atoms with van der Waals surface area (Å²) in [5.74, 6) is -0.684. The SMILES string of the molecule is COC(=O)c1ccc(Cn2cc(Cc3cncnc3)c(=O)nc2SCc2ccc(F)cc2)cc1O. The van der Waals surface area contributed by atoms with Crippen molar-refractivity contribution in [1.82, 2.24) is 19.5 Å². The molecular weight excluding hydrogens is 471 g/mol. The molecule has 10 heteroatoms. The van der Waals surface area contributed by atoms with Crippen molar-refractivity contribution in [1.29, 1.82) is 0 Å². The van der Waals surface area contributed by atoms with E-state index in [1.54, 1.807) is 41.4 Å². The molecule has 0 fully saturated rings. The average Bonchev–Trinajstić information content (AvgIpc) is 2.86. The number of hydrogen-bond donors (Lipinski definition) is 1. The summed E-state index contributed by atoms with van der Waals surface area (Å²) in [6, 6.07) is 10.8. The van der Waals surface area contributed by atoms with E-state index in [1.165, 1.54) is 49.5 Å². The Hall–Kier alpha value is -4.05. The number of methoxy groups -OCH3 is 1. The molecule has 0 unspecified atom stereocenters. The lowest BCUT2D eigenvalue weighted by molar-refractivity contribution is 0.0597. The maximum Gasteiger partial charge on any atom is 0.341 e. The van der Waals surface area contributed by atoms with Crippen LogP contribution in [-0.2, 0) is 23.5 Å². The van der Waals surface area contributed by atoms with E-state index < -0.39 is 5.97 Å². The van der Waals surface area contributed by atoms with Gasteiger partial charge in [-0.25, -0.2) is 19.2 Å². The molecule has 2 aromatic carbocycles. The molecule has 2 aromatic heterocycles. The number of hydrogen-bond acceptors (Lipinski definition) is 8. The molecule has 2 heterocycles. The van der Waals surface area contributed by atoms with Gasteiger partial charge in [-0.2, -0.15) is 4.98 Å². The number of aromatic nitrogens is 4. The highest BCUT2D eigenvalue weighted by atomic mass is 32.2. The molecule has 35 heavy (non-hydrogen) atoms. The lowest BCUT2D eigenvalue weighted by atomic mass is 10.1. The molecular formula is C25H21FN4O4S. The molecule has 0 radical (unpaired) electrons. The van der Waals surface area contributed by atoms with Crippen LogP contribution >= 0.6 is 11.8 Å². The number of esters is 1. The summed E-state index contributed by atoms with van der Waals surface area (Å²) in [5, 5.41) is 10.7. The Morgan fingerprint density at radius 1 is 1.09 bits per heavy atom. The van der Waals surface area contributed by atoms with E-state index in [0.29, 0.717) is 28.5 Å². The first-order valence-corrected chi connectivity index (χ1v) is 11.5. The Morgan fingerprint density at radius 2 is 1.80 bits per heavy atom. The normalized spacial score (nSPS) is 10.8. The van der Waals surface area contributed by atoms with Crippen LogP contribution < -0.4 is 5.56 Å². The summed E-state index contributed by atoms with van der Waals surface area (Å²) in [6.07, 6.45) is 6.72. The van der Waals surface area contributed by atoms with E-state index in [-0.39, 0.29) is 29.2 Å². The molecule has 0 saturated carbocycles. The van der Waals surface area contributed by atoms with Crippen LogP contribution in [0.4, 0.5) is 4.39 Å². The largest absolute Gasteiger partial charge is 0.507 e. The van der Waals surface area contributed by atoms with Crippen molar-refractivity contribution in [3.8, 4) is 5.75 Å². The topological polar surface area (TPSA) is 107 Å². The first kappa shape index (κ1) is 24.1. The molecule has 0 aliphatic rings. The van der Waals surface area contributed by atoms with Gasteiger partial charge < -0.3 is 14.4 Å². The van der Waals surface area contributed by atoms with Crippen molar-refractivity contribution in [2.24, 2.45) is 0 Å². The van der Waals surface area contributed by atoms with Gasteiger partial charge in [0.2, 0.25) is 0 Å². The fourth-order valence-electron chi connectivity index (χ4n) is 3.40. The van der Waals surface area contributed by atoms with Crippen molar-refractivity contribution >= 4 is 17.7 Å². The first-order chi connectivity index (χ1) is 16.9. The lowest BCUT2D eigenvalue weighted by Crippen LogP contribution is -2.20. The third kappa shape index (κ3) is 6.10. The maximum absolute atomic E-state index is 13.2. The highest BCUT2D eigenvalue weighted by Crippen LogP contribution is 2.24. The summed E-state index contributed by atoms with van der Waals surface area (Å²) >= 11 is 1.34. The van der Waals surface area contributed by atoms with Gasteiger partial charge in [0.05, 0.1) is 7.11 Å². The van der Waals surface area contributed by atoms with Gasteiger partial charge in [0.1, 0.15) is 23.5 Å². The number of phenolic OH excluding ortho intramolecular Hbond substituents is 1. The van der Waals surface area contributed by atoms with Gasteiger partial charge >= 0.3 is 5.97 Å². The minimum atomic E-state index is -0.637. The molecule has 4 aromatic rings. The summed E-state index contributed by atoms with van der Waals surface area (Å²) < 4.78 is 19.7. The molecule has 0 saturated heterocycles. The Morgan fingerprint density at radius 3 is 2.49 bits per heavy atom. The number of carbonyl (C=O) groups excluding carboxylic acids is 1. The third-order valence-electron chi connectivity index (χ3n) is 5.14. The van der Waals surface area contributed by atoms with Crippen LogP contribution in [0, 0.1) is 5.82 Å². The minimum absolute atomic E-state index is 0.0601. The van der Waals surface area contributed by atoms with E-state index in [4.69, 9.17) is 0 Å². The van der Waals surface area contributed by atoms with Crippen molar-refractivity contribution in [2.45, 2.75) is 23.9 Å².